The van der Waals surface area contributed by atoms with Crippen LogP contribution in [0.4, 0.5) is 0 Å². The molecule has 0 saturated carbocycles. The van der Waals surface area contributed by atoms with Crippen LogP contribution in [0.25, 0.3) is 0 Å². The number of nitrogens with one attached hydrogen (secondary N) is 1. The van der Waals surface area contributed by atoms with Gasteiger partial charge in [-0.05, 0) is 24.1 Å². The van der Waals surface area contributed by atoms with E-state index in [0.29, 0.717) is 6.54 Å². The monoisotopic (exact) mass is 256 g/mol. The highest BCUT2D eigenvalue weighted by Crippen LogP contribution is 2.09. The minimum absolute atomic E-state index is 0.0625. The first kappa shape index (κ1) is 12.0. The molecule has 0 aliphatic carbocycles. The van der Waals surface area contributed by atoms with E-state index in [9.17, 15) is 4.79 Å². The molecule has 0 amide bonds. The van der Waals surface area contributed by atoms with E-state index in [2.05, 4.69) is 15.4 Å². The van der Waals surface area contributed by atoms with Crippen LogP contribution in [0.15, 0.2) is 29.2 Å². The molecule has 19 heavy (non-hydrogen) atoms. The smallest absolute Gasteiger partial charge is 0.267 e. The highest BCUT2D eigenvalue weighted by Gasteiger charge is 2.13. The lowest BCUT2D eigenvalue weighted by atomic mass is 10.1. The predicted octanol–water partition coefficient (Wildman–Crippen LogP) is 0.641. The fraction of sp³-hybridized carbons (Fsp3) is 0.357. The van der Waals surface area contributed by atoms with E-state index in [4.69, 9.17) is 0 Å². The van der Waals surface area contributed by atoms with Crippen molar-refractivity contribution in [2.45, 2.75) is 26.4 Å². The summed E-state index contributed by atoms with van der Waals surface area (Å²) in [5, 5.41) is 7.72. The van der Waals surface area contributed by atoms with Gasteiger partial charge >= 0.3 is 0 Å². The van der Waals surface area contributed by atoms with Crippen molar-refractivity contribution in [1.29, 1.82) is 0 Å². The number of nitrogens with zero attached hydrogens (tertiary/aromatic N) is 3. The molecular formula is C14H16N4O. The summed E-state index contributed by atoms with van der Waals surface area (Å²) in [6, 6.07) is 5.58. The standard InChI is InChI=1S/C14H16N4O/c1-10-3-2-5-16-13(10)9-18-14(19)7-11-8-15-6-4-12(11)17-18/h2-3,5,7,15H,4,6,8-9H2,1H3. The van der Waals surface area contributed by atoms with Gasteiger partial charge in [-0.25, -0.2) is 4.68 Å². The molecule has 2 aromatic heterocycles. The Kier molecular flexibility index (Phi) is 3.13. The van der Waals surface area contributed by atoms with Crippen LogP contribution >= 0.6 is 0 Å². The van der Waals surface area contributed by atoms with Crippen LogP contribution in [0, 0.1) is 6.92 Å². The molecular weight excluding hydrogens is 240 g/mol. The maximum absolute atomic E-state index is 12.1. The molecule has 2 aromatic rings. The quantitative estimate of drug-likeness (QED) is 0.856. The zero-order valence-electron chi connectivity index (χ0n) is 10.9. The van der Waals surface area contributed by atoms with Gasteiger partial charge in [-0.2, -0.15) is 5.10 Å². The minimum Gasteiger partial charge on any atom is -0.312 e. The lowest BCUT2D eigenvalue weighted by molar-refractivity contribution is 0.557. The first-order valence-electron chi connectivity index (χ1n) is 6.45. The van der Waals surface area contributed by atoms with Gasteiger partial charge in [0.15, 0.2) is 0 Å². The van der Waals surface area contributed by atoms with Crippen molar-refractivity contribution >= 4 is 0 Å². The number of rotatable bonds is 2. The molecule has 3 heterocycles. The van der Waals surface area contributed by atoms with Gasteiger partial charge in [0.05, 0.1) is 17.9 Å². The Morgan fingerprint density at radius 1 is 1.47 bits per heavy atom. The van der Waals surface area contributed by atoms with Crippen LogP contribution in [0.2, 0.25) is 0 Å². The van der Waals surface area contributed by atoms with Gasteiger partial charge in [-0.15, -0.1) is 0 Å². The summed E-state index contributed by atoms with van der Waals surface area (Å²) in [7, 11) is 0. The molecule has 1 N–H and O–H groups in total. The zero-order valence-corrected chi connectivity index (χ0v) is 10.9. The molecule has 5 heteroatoms. The zero-order chi connectivity index (χ0) is 13.2. The molecule has 5 nitrogen and oxygen atoms in total. The van der Waals surface area contributed by atoms with E-state index in [0.717, 1.165) is 42.0 Å². The summed E-state index contributed by atoms with van der Waals surface area (Å²) in [5.41, 5.74) is 3.95. The third-order valence-electron chi connectivity index (χ3n) is 3.44. The van der Waals surface area contributed by atoms with Crippen LogP contribution in [-0.4, -0.2) is 21.3 Å². The summed E-state index contributed by atoms with van der Waals surface area (Å²) in [4.78, 5) is 16.4. The molecule has 0 fully saturated rings. The maximum atomic E-state index is 12.1. The van der Waals surface area contributed by atoms with Crippen LogP contribution in [0.3, 0.4) is 0 Å². The van der Waals surface area contributed by atoms with Crippen molar-refractivity contribution in [3.8, 4) is 0 Å². The Labute approximate surface area is 111 Å². The summed E-state index contributed by atoms with van der Waals surface area (Å²) in [5.74, 6) is 0. The Morgan fingerprint density at radius 2 is 2.37 bits per heavy atom. The molecule has 1 aliphatic rings. The van der Waals surface area contributed by atoms with Gasteiger partial charge in [0.2, 0.25) is 0 Å². The first-order chi connectivity index (χ1) is 9.24. The molecule has 0 aromatic carbocycles. The SMILES string of the molecule is Cc1cccnc1Cn1nc2c(cc1=O)CNCC2. The Hall–Kier alpha value is -2.01. The molecule has 1 aliphatic heterocycles. The van der Waals surface area contributed by atoms with Crippen molar-refractivity contribution in [3.05, 3.63) is 57.3 Å². The van der Waals surface area contributed by atoms with Gasteiger partial charge in [0.1, 0.15) is 0 Å². The second-order valence-corrected chi connectivity index (χ2v) is 4.81. The van der Waals surface area contributed by atoms with Crippen molar-refractivity contribution < 1.29 is 0 Å². The van der Waals surface area contributed by atoms with E-state index < -0.39 is 0 Å². The van der Waals surface area contributed by atoms with E-state index in [1.54, 1.807) is 12.3 Å². The highest BCUT2D eigenvalue weighted by molar-refractivity contribution is 5.22. The van der Waals surface area contributed by atoms with Crippen molar-refractivity contribution in [1.82, 2.24) is 20.1 Å². The number of aromatic nitrogens is 3. The molecule has 0 radical (unpaired) electrons. The lowest BCUT2D eigenvalue weighted by Gasteiger charge is -2.17. The topological polar surface area (TPSA) is 59.8 Å². The van der Waals surface area contributed by atoms with E-state index >= 15 is 0 Å². The molecule has 0 spiro atoms. The van der Waals surface area contributed by atoms with Crippen molar-refractivity contribution in [3.63, 3.8) is 0 Å². The summed E-state index contributed by atoms with van der Waals surface area (Å²) < 4.78 is 1.51. The maximum Gasteiger partial charge on any atom is 0.267 e. The lowest BCUT2D eigenvalue weighted by Crippen LogP contribution is -2.32. The fourth-order valence-electron chi connectivity index (χ4n) is 2.30. The molecule has 98 valence electrons. The van der Waals surface area contributed by atoms with Crippen molar-refractivity contribution in [2.24, 2.45) is 0 Å². The molecule has 0 saturated heterocycles. The van der Waals surface area contributed by atoms with Crippen LogP contribution in [0.1, 0.15) is 22.5 Å². The van der Waals surface area contributed by atoms with Gasteiger partial charge in [-0.1, -0.05) is 6.07 Å². The number of hydrogen-bond donors (Lipinski definition) is 1. The Bertz CT molecular complexity index is 663. The Balaban J connectivity index is 1.97. The molecule has 0 unspecified atom stereocenters. The first-order valence-corrected chi connectivity index (χ1v) is 6.45. The average molecular weight is 256 g/mol. The number of pyridine rings is 1. The largest absolute Gasteiger partial charge is 0.312 e. The molecule has 0 atom stereocenters. The average Bonchev–Trinajstić information content (AvgIpc) is 2.42. The number of fused-ring (bicyclic) bond motifs is 1. The van der Waals surface area contributed by atoms with Gasteiger partial charge < -0.3 is 5.32 Å². The van der Waals surface area contributed by atoms with Crippen LogP contribution in [0.5, 0.6) is 0 Å². The number of aryl methyl sites for hydroxylation is 1. The van der Waals surface area contributed by atoms with Crippen LogP contribution < -0.4 is 10.9 Å². The number of hydrogen-bond acceptors (Lipinski definition) is 4. The van der Waals surface area contributed by atoms with E-state index in [1.165, 1.54) is 4.68 Å². The van der Waals surface area contributed by atoms with E-state index in [1.807, 2.05) is 19.1 Å². The second-order valence-electron chi connectivity index (χ2n) is 4.81. The third kappa shape index (κ3) is 2.42. The molecule has 3 rings (SSSR count). The summed E-state index contributed by atoms with van der Waals surface area (Å²) in [6.45, 7) is 4.09. The van der Waals surface area contributed by atoms with Crippen molar-refractivity contribution in [2.75, 3.05) is 6.54 Å². The minimum atomic E-state index is -0.0625. The summed E-state index contributed by atoms with van der Waals surface area (Å²) >= 11 is 0. The summed E-state index contributed by atoms with van der Waals surface area (Å²) in [6.07, 6.45) is 2.62. The molecule has 0 bridgehead atoms. The predicted molar refractivity (Wildman–Crippen MR) is 72.0 cm³/mol. The highest BCUT2D eigenvalue weighted by atomic mass is 16.1. The second kappa shape index (κ2) is 4.93. The third-order valence-corrected chi connectivity index (χ3v) is 3.44. The van der Waals surface area contributed by atoms with E-state index in [-0.39, 0.29) is 5.56 Å². The van der Waals surface area contributed by atoms with Gasteiger partial charge in [-0.3, -0.25) is 9.78 Å². The fourth-order valence-corrected chi connectivity index (χ4v) is 2.30. The van der Waals surface area contributed by atoms with Gasteiger partial charge in [0.25, 0.3) is 5.56 Å². The Morgan fingerprint density at radius 3 is 3.21 bits per heavy atom. The van der Waals surface area contributed by atoms with Gasteiger partial charge in [0, 0.05) is 31.8 Å². The normalized spacial score (nSPS) is 14.2. The van der Waals surface area contributed by atoms with Crippen LogP contribution in [-0.2, 0) is 19.5 Å².